The molecule has 0 fully saturated rings. The van der Waals surface area contributed by atoms with Gasteiger partial charge in [-0.25, -0.2) is 0 Å². The lowest BCUT2D eigenvalue weighted by Crippen LogP contribution is -2.14. The van der Waals surface area contributed by atoms with Gasteiger partial charge in [0.1, 0.15) is 11.5 Å². The van der Waals surface area contributed by atoms with Gasteiger partial charge in [-0.2, -0.15) is 0 Å². The Hall–Kier alpha value is -2.37. The van der Waals surface area contributed by atoms with Crippen molar-refractivity contribution < 1.29 is 14.3 Å². The number of amides is 1. The number of thioether (sulfide) groups is 1. The van der Waals surface area contributed by atoms with Gasteiger partial charge >= 0.3 is 0 Å². The smallest absolute Gasteiger partial charge is 0.234 e. The number of hydrogen-bond acceptors (Lipinski definition) is 4. The van der Waals surface area contributed by atoms with E-state index in [-0.39, 0.29) is 11.7 Å². The second kappa shape index (κ2) is 8.34. The molecule has 0 aromatic heterocycles. The first kappa shape index (κ1) is 18.4. The molecule has 0 saturated carbocycles. The standard InChI is InChI=1S/C20H18ClNO3S/c1-24-14-9-10-17(25-2)16(11-14)22-19(23)12-26-18-8-4-6-13-5-3-7-15(21)20(13)18/h3-11H,12H2,1-2H3,(H,22,23). The van der Waals surface area contributed by atoms with Crippen LogP contribution in [-0.2, 0) is 4.79 Å². The summed E-state index contributed by atoms with van der Waals surface area (Å²) in [7, 11) is 3.14. The number of anilines is 1. The van der Waals surface area contributed by atoms with E-state index in [0.717, 1.165) is 15.7 Å². The number of ether oxygens (including phenoxy) is 2. The zero-order chi connectivity index (χ0) is 18.5. The van der Waals surface area contributed by atoms with E-state index in [1.807, 2.05) is 36.4 Å². The molecule has 0 heterocycles. The first-order valence-electron chi connectivity index (χ1n) is 7.94. The van der Waals surface area contributed by atoms with Crippen LogP contribution in [0.1, 0.15) is 0 Å². The van der Waals surface area contributed by atoms with Crippen LogP contribution in [0, 0.1) is 0 Å². The number of methoxy groups -OCH3 is 2. The quantitative estimate of drug-likeness (QED) is 0.587. The number of rotatable bonds is 6. The summed E-state index contributed by atoms with van der Waals surface area (Å²) in [5, 5.41) is 5.57. The van der Waals surface area contributed by atoms with E-state index in [4.69, 9.17) is 21.1 Å². The second-order valence-corrected chi connectivity index (χ2v) is 6.92. The predicted molar refractivity (Wildman–Crippen MR) is 108 cm³/mol. The Morgan fingerprint density at radius 2 is 1.85 bits per heavy atom. The van der Waals surface area contributed by atoms with Crippen molar-refractivity contribution in [3.8, 4) is 11.5 Å². The number of benzene rings is 3. The van der Waals surface area contributed by atoms with Gasteiger partial charge in [-0.15, -0.1) is 11.8 Å². The zero-order valence-electron chi connectivity index (χ0n) is 14.4. The fourth-order valence-corrected chi connectivity index (χ4v) is 3.87. The maximum Gasteiger partial charge on any atom is 0.234 e. The van der Waals surface area contributed by atoms with E-state index < -0.39 is 0 Å². The molecule has 0 aliphatic carbocycles. The lowest BCUT2D eigenvalue weighted by atomic mass is 10.1. The van der Waals surface area contributed by atoms with Crippen LogP contribution in [0.4, 0.5) is 5.69 Å². The Bertz CT molecular complexity index is 940. The maximum atomic E-state index is 12.4. The van der Waals surface area contributed by atoms with Gasteiger partial charge in [0.2, 0.25) is 5.91 Å². The van der Waals surface area contributed by atoms with Gasteiger partial charge in [0.25, 0.3) is 0 Å². The van der Waals surface area contributed by atoms with Crippen molar-refractivity contribution in [2.24, 2.45) is 0 Å². The van der Waals surface area contributed by atoms with Gasteiger partial charge in [-0.05, 0) is 29.7 Å². The molecule has 6 heteroatoms. The largest absolute Gasteiger partial charge is 0.497 e. The molecule has 0 aliphatic rings. The molecule has 3 aromatic carbocycles. The van der Waals surface area contributed by atoms with Gasteiger partial charge < -0.3 is 14.8 Å². The van der Waals surface area contributed by atoms with Crippen molar-refractivity contribution in [2.75, 3.05) is 25.3 Å². The molecule has 0 radical (unpaired) electrons. The van der Waals surface area contributed by atoms with Gasteiger partial charge in [0.15, 0.2) is 0 Å². The molecule has 0 atom stereocenters. The van der Waals surface area contributed by atoms with E-state index in [0.29, 0.717) is 22.2 Å². The number of carbonyl (C=O) groups excluding carboxylic acids is 1. The van der Waals surface area contributed by atoms with Crippen LogP contribution in [0.2, 0.25) is 5.02 Å². The van der Waals surface area contributed by atoms with Crippen LogP contribution in [0.5, 0.6) is 11.5 Å². The molecule has 1 N–H and O–H groups in total. The van der Waals surface area contributed by atoms with Gasteiger partial charge in [-0.3, -0.25) is 4.79 Å². The van der Waals surface area contributed by atoms with Crippen LogP contribution < -0.4 is 14.8 Å². The molecule has 0 saturated heterocycles. The van der Waals surface area contributed by atoms with Crippen LogP contribution in [0.15, 0.2) is 59.5 Å². The summed E-state index contributed by atoms with van der Waals surface area (Å²) in [6.07, 6.45) is 0. The van der Waals surface area contributed by atoms with Crippen molar-refractivity contribution in [1.82, 2.24) is 0 Å². The fraction of sp³-hybridized carbons (Fsp3) is 0.150. The summed E-state index contributed by atoms with van der Waals surface area (Å²) in [6, 6.07) is 17.0. The van der Waals surface area contributed by atoms with Crippen molar-refractivity contribution >= 4 is 45.7 Å². The fourth-order valence-electron chi connectivity index (χ4n) is 2.62. The molecule has 4 nitrogen and oxygen atoms in total. The highest BCUT2D eigenvalue weighted by Crippen LogP contribution is 2.34. The van der Waals surface area contributed by atoms with Crippen molar-refractivity contribution in [2.45, 2.75) is 4.90 Å². The van der Waals surface area contributed by atoms with E-state index in [2.05, 4.69) is 5.32 Å². The Balaban J connectivity index is 1.74. The minimum absolute atomic E-state index is 0.134. The Kier molecular flexibility index (Phi) is 5.91. The van der Waals surface area contributed by atoms with E-state index in [1.54, 1.807) is 32.4 Å². The van der Waals surface area contributed by atoms with E-state index >= 15 is 0 Å². The third-order valence-corrected chi connectivity index (χ3v) is 5.23. The highest BCUT2D eigenvalue weighted by Gasteiger charge is 2.11. The monoisotopic (exact) mass is 387 g/mol. The lowest BCUT2D eigenvalue weighted by Gasteiger charge is -2.12. The van der Waals surface area contributed by atoms with Gasteiger partial charge in [0, 0.05) is 21.4 Å². The van der Waals surface area contributed by atoms with Crippen molar-refractivity contribution in [1.29, 1.82) is 0 Å². The second-order valence-electron chi connectivity index (χ2n) is 5.50. The average Bonchev–Trinajstić information content (AvgIpc) is 2.66. The Morgan fingerprint density at radius 3 is 2.58 bits per heavy atom. The summed E-state index contributed by atoms with van der Waals surface area (Å²) in [5.74, 6) is 1.35. The van der Waals surface area contributed by atoms with Gasteiger partial charge in [-0.1, -0.05) is 35.9 Å². The molecular weight excluding hydrogens is 370 g/mol. The lowest BCUT2D eigenvalue weighted by molar-refractivity contribution is -0.113. The van der Waals surface area contributed by atoms with Crippen molar-refractivity contribution in [3.05, 3.63) is 59.6 Å². The Morgan fingerprint density at radius 1 is 1.08 bits per heavy atom. The number of hydrogen-bond donors (Lipinski definition) is 1. The normalized spacial score (nSPS) is 10.6. The molecule has 26 heavy (non-hydrogen) atoms. The number of nitrogens with one attached hydrogen (secondary N) is 1. The molecule has 0 aliphatic heterocycles. The molecule has 0 bridgehead atoms. The summed E-state index contributed by atoms with van der Waals surface area (Å²) in [6.45, 7) is 0. The molecule has 134 valence electrons. The van der Waals surface area contributed by atoms with Crippen LogP contribution in [-0.4, -0.2) is 25.9 Å². The number of carbonyl (C=O) groups is 1. The highest BCUT2D eigenvalue weighted by molar-refractivity contribution is 8.00. The first-order chi connectivity index (χ1) is 12.6. The van der Waals surface area contributed by atoms with Crippen LogP contribution >= 0.6 is 23.4 Å². The van der Waals surface area contributed by atoms with Crippen LogP contribution in [0.3, 0.4) is 0 Å². The third-order valence-electron chi connectivity index (χ3n) is 3.86. The molecule has 0 spiro atoms. The summed E-state index contributed by atoms with van der Waals surface area (Å²) >= 11 is 7.78. The van der Waals surface area contributed by atoms with E-state index in [1.165, 1.54) is 11.8 Å². The highest BCUT2D eigenvalue weighted by atomic mass is 35.5. The average molecular weight is 388 g/mol. The minimum atomic E-state index is -0.134. The molecule has 3 rings (SSSR count). The molecular formula is C20H18ClNO3S. The van der Waals surface area contributed by atoms with Crippen molar-refractivity contribution in [3.63, 3.8) is 0 Å². The zero-order valence-corrected chi connectivity index (χ0v) is 16.0. The SMILES string of the molecule is COc1ccc(OC)c(NC(=O)CSc2cccc3cccc(Cl)c23)c1. The number of halogens is 1. The van der Waals surface area contributed by atoms with Gasteiger partial charge in [0.05, 0.1) is 25.7 Å². The topological polar surface area (TPSA) is 47.6 Å². The Labute approximate surface area is 161 Å². The molecule has 0 unspecified atom stereocenters. The minimum Gasteiger partial charge on any atom is -0.497 e. The third kappa shape index (κ3) is 4.06. The molecule has 3 aromatic rings. The number of fused-ring (bicyclic) bond motifs is 1. The first-order valence-corrected chi connectivity index (χ1v) is 9.30. The maximum absolute atomic E-state index is 12.4. The molecule has 1 amide bonds. The van der Waals surface area contributed by atoms with Crippen LogP contribution in [0.25, 0.3) is 10.8 Å². The van der Waals surface area contributed by atoms with E-state index in [9.17, 15) is 4.79 Å². The summed E-state index contributed by atoms with van der Waals surface area (Å²) in [4.78, 5) is 13.4. The summed E-state index contributed by atoms with van der Waals surface area (Å²) in [5.41, 5.74) is 0.577. The summed E-state index contributed by atoms with van der Waals surface area (Å²) < 4.78 is 10.5. The predicted octanol–water partition coefficient (Wildman–Crippen LogP) is 5.24.